The van der Waals surface area contributed by atoms with Gasteiger partial charge in [0, 0.05) is 58.5 Å². The van der Waals surface area contributed by atoms with Gasteiger partial charge in [-0.3, -0.25) is 43.5 Å². The monoisotopic (exact) mass is 603 g/mol. The number of carboxylic acid groups (broad SMARTS) is 3. The quantitative estimate of drug-likeness (QED) is 0.0670. The fourth-order valence-electron chi connectivity index (χ4n) is 4.84. The number of hydrogen-bond donors (Lipinski definition) is 9. The van der Waals surface area contributed by atoms with Crippen LogP contribution in [0.1, 0.15) is 38.5 Å². The zero-order chi connectivity index (χ0) is 31.7. The minimum Gasteiger partial charge on any atom is -0.480 e. The molecule has 42 heavy (non-hydrogen) atoms. The summed E-state index contributed by atoms with van der Waals surface area (Å²) < 4.78 is 0. The summed E-state index contributed by atoms with van der Waals surface area (Å²) in [5.41, 5.74) is 16.0. The standard InChI is InChI=1S/C24H45N9O9/c25-13-28-19(34)4-1-16(22(37)38)31-7-9-32(17(23(39)40)2-5-20(35)29-14-26)11-12-33(10-8-31)18(24(41)42)3-6-21(36)30-15-27/h16-18H,1-15,25-27H2,(H,28,34)(H,29,35)(H,30,36)(H,37,38)(H,39,40)(H,41,42). The minimum atomic E-state index is -1.20. The lowest BCUT2D eigenvalue weighted by Crippen LogP contribution is -2.49. The number of carbonyl (C=O) groups excluding carboxylic acids is 3. The van der Waals surface area contributed by atoms with Gasteiger partial charge in [-0.25, -0.2) is 0 Å². The normalized spacial score (nSPS) is 17.5. The molecule has 0 radical (unpaired) electrons. The van der Waals surface area contributed by atoms with Crippen molar-refractivity contribution in [1.29, 1.82) is 0 Å². The van der Waals surface area contributed by atoms with Crippen molar-refractivity contribution >= 4 is 35.6 Å². The van der Waals surface area contributed by atoms with Crippen LogP contribution in [0.5, 0.6) is 0 Å². The lowest BCUT2D eigenvalue weighted by molar-refractivity contribution is -0.146. The SMILES string of the molecule is NCNC(=O)CCC(C(=O)O)N1CCN(C(CCC(=O)NCN)C(=O)O)CCN(C(CCC(=O)NCN)C(=O)O)CC1. The van der Waals surface area contributed by atoms with Crippen molar-refractivity contribution in [3.63, 3.8) is 0 Å². The second-order valence-corrected chi connectivity index (χ2v) is 9.70. The van der Waals surface area contributed by atoms with Gasteiger partial charge < -0.3 is 48.5 Å². The van der Waals surface area contributed by atoms with Crippen molar-refractivity contribution in [2.45, 2.75) is 56.7 Å². The van der Waals surface area contributed by atoms with E-state index in [2.05, 4.69) is 16.0 Å². The topological polar surface area (TPSA) is 287 Å². The highest BCUT2D eigenvalue weighted by molar-refractivity contribution is 5.79. The van der Waals surface area contributed by atoms with E-state index in [1.165, 1.54) is 0 Å². The van der Waals surface area contributed by atoms with Crippen LogP contribution in [0, 0.1) is 0 Å². The second kappa shape index (κ2) is 19.7. The molecule has 0 aromatic carbocycles. The molecule has 3 atom stereocenters. The average Bonchev–Trinajstić information content (AvgIpc) is 3.00. The average molecular weight is 604 g/mol. The van der Waals surface area contributed by atoms with Gasteiger partial charge in [0.25, 0.3) is 0 Å². The third kappa shape index (κ3) is 13.0. The summed E-state index contributed by atoms with van der Waals surface area (Å²) in [7, 11) is 0. The van der Waals surface area contributed by atoms with Crippen LogP contribution in [0.3, 0.4) is 0 Å². The maximum Gasteiger partial charge on any atom is 0.320 e. The first kappa shape index (κ1) is 36.6. The summed E-state index contributed by atoms with van der Waals surface area (Å²) >= 11 is 0. The zero-order valence-corrected chi connectivity index (χ0v) is 23.7. The van der Waals surface area contributed by atoms with E-state index in [0.29, 0.717) is 0 Å². The number of carbonyl (C=O) groups is 6. The van der Waals surface area contributed by atoms with Gasteiger partial charge in [0.1, 0.15) is 18.1 Å². The maximum atomic E-state index is 12.3. The molecule has 1 heterocycles. The van der Waals surface area contributed by atoms with Crippen molar-refractivity contribution in [2.24, 2.45) is 17.2 Å². The molecule has 18 nitrogen and oxygen atoms in total. The van der Waals surface area contributed by atoms with E-state index in [1.807, 2.05) is 0 Å². The molecule has 0 saturated carbocycles. The molecule has 3 amide bonds. The number of nitrogens with zero attached hydrogens (tertiary/aromatic N) is 3. The molecular weight excluding hydrogens is 558 g/mol. The van der Waals surface area contributed by atoms with Crippen LogP contribution in [0.4, 0.5) is 0 Å². The summed E-state index contributed by atoms with van der Waals surface area (Å²) in [6, 6.07) is -3.40. The number of carboxylic acids is 3. The predicted octanol–water partition coefficient (Wildman–Crippen LogP) is -4.30. The number of hydrogen-bond acceptors (Lipinski definition) is 12. The summed E-state index contributed by atoms with van der Waals surface area (Å²) in [5.74, 6) is -4.89. The fraction of sp³-hybridized carbons (Fsp3) is 0.750. The molecule has 0 spiro atoms. The molecular formula is C24H45N9O9. The summed E-state index contributed by atoms with van der Waals surface area (Å²) in [6.45, 7) is 0.254. The molecule has 0 bridgehead atoms. The molecule has 1 fully saturated rings. The van der Waals surface area contributed by atoms with Crippen LogP contribution in [0.2, 0.25) is 0 Å². The van der Waals surface area contributed by atoms with Gasteiger partial charge in [0.2, 0.25) is 17.7 Å². The third-order valence-electron chi connectivity index (χ3n) is 7.03. The molecule has 0 aromatic rings. The first-order valence-corrected chi connectivity index (χ1v) is 13.8. The lowest BCUT2D eigenvalue weighted by atomic mass is 10.1. The van der Waals surface area contributed by atoms with E-state index in [0.717, 1.165) is 0 Å². The van der Waals surface area contributed by atoms with Crippen LogP contribution < -0.4 is 33.2 Å². The van der Waals surface area contributed by atoms with Crippen molar-refractivity contribution in [3.05, 3.63) is 0 Å². The Labute approximate surface area is 243 Å². The molecule has 18 heteroatoms. The number of nitrogens with two attached hydrogens (primary N) is 3. The van der Waals surface area contributed by atoms with E-state index in [9.17, 15) is 44.1 Å². The van der Waals surface area contributed by atoms with E-state index < -0.39 is 53.8 Å². The van der Waals surface area contributed by atoms with E-state index in [-0.39, 0.29) is 97.8 Å². The Kier molecular flexibility index (Phi) is 17.1. The van der Waals surface area contributed by atoms with Gasteiger partial charge in [-0.15, -0.1) is 0 Å². The molecule has 240 valence electrons. The van der Waals surface area contributed by atoms with Gasteiger partial charge in [-0.05, 0) is 19.3 Å². The largest absolute Gasteiger partial charge is 0.480 e. The Morgan fingerprint density at radius 3 is 0.881 bits per heavy atom. The second-order valence-electron chi connectivity index (χ2n) is 9.70. The zero-order valence-electron chi connectivity index (χ0n) is 23.7. The number of rotatable bonds is 18. The predicted molar refractivity (Wildman–Crippen MR) is 148 cm³/mol. The number of nitrogens with one attached hydrogen (secondary N) is 3. The maximum absolute atomic E-state index is 12.3. The fourth-order valence-corrected chi connectivity index (χ4v) is 4.84. The smallest absolute Gasteiger partial charge is 0.320 e. The molecule has 0 aromatic heterocycles. The van der Waals surface area contributed by atoms with Gasteiger partial charge in [-0.1, -0.05) is 0 Å². The minimum absolute atomic E-state index is 0.0651. The lowest BCUT2D eigenvalue weighted by Gasteiger charge is -2.32. The van der Waals surface area contributed by atoms with Crippen LogP contribution in [-0.2, 0) is 28.8 Å². The Bertz CT molecular complexity index is 798. The molecule has 12 N–H and O–H groups in total. The van der Waals surface area contributed by atoms with Crippen LogP contribution in [0.25, 0.3) is 0 Å². The highest BCUT2D eigenvalue weighted by atomic mass is 16.4. The molecule has 1 aliphatic heterocycles. The Morgan fingerprint density at radius 2 is 0.714 bits per heavy atom. The van der Waals surface area contributed by atoms with Crippen LogP contribution in [-0.4, -0.2) is 143 Å². The highest BCUT2D eigenvalue weighted by Gasteiger charge is 2.34. The molecule has 3 unspecified atom stereocenters. The molecule has 1 rings (SSSR count). The van der Waals surface area contributed by atoms with Crippen molar-refractivity contribution in [2.75, 3.05) is 59.3 Å². The van der Waals surface area contributed by atoms with Crippen molar-refractivity contribution in [3.8, 4) is 0 Å². The van der Waals surface area contributed by atoms with Gasteiger partial charge in [-0.2, -0.15) is 0 Å². The highest BCUT2D eigenvalue weighted by Crippen LogP contribution is 2.17. The van der Waals surface area contributed by atoms with Gasteiger partial charge in [0.05, 0.1) is 20.0 Å². The van der Waals surface area contributed by atoms with E-state index >= 15 is 0 Å². The Morgan fingerprint density at radius 1 is 0.500 bits per heavy atom. The van der Waals surface area contributed by atoms with Gasteiger partial charge >= 0.3 is 17.9 Å². The van der Waals surface area contributed by atoms with Crippen molar-refractivity contribution in [1.82, 2.24) is 30.7 Å². The van der Waals surface area contributed by atoms with E-state index in [4.69, 9.17) is 17.2 Å². The van der Waals surface area contributed by atoms with Crippen LogP contribution >= 0.6 is 0 Å². The molecule has 1 aliphatic rings. The summed E-state index contributed by atoms with van der Waals surface area (Å²) in [5, 5.41) is 37.2. The van der Waals surface area contributed by atoms with E-state index in [1.54, 1.807) is 14.7 Å². The Hall–Kier alpha value is -3.42. The first-order chi connectivity index (χ1) is 19.9. The summed E-state index contributed by atoms with van der Waals surface area (Å²) in [4.78, 5) is 77.4. The Balaban J connectivity index is 3.31. The first-order valence-electron chi connectivity index (χ1n) is 13.8. The third-order valence-corrected chi connectivity index (χ3v) is 7.03. The number of amides is 3. The summed E-state index contributed by atoms with van der Waals surface area (Å²) in [6.07, 6.45) is -0.570. The number of aliphatic carboxylic acids is 3. The van der Waals surface area contributed by atoms with Crippen LogP contribution in [0.15, 0.2) is 0 Å². The molecule has 1 saturated heterocycles. The van der Waals surface area contributed by atoms with Crippen molar-refractivity contribution < 1.29 is 44.1 Å². The van der Waals surface area contributed by atoms with Gasteiger partial charge in [0.15, 0.2) is 0 Å². The molecule has 0 aliphatic carbocycles.